The maximum Gasteiger partial charge on any atom is 0.237 e. The molecule has 0 radical (unpaired) electrons. The van der Waals surface area contributed by atoms with Gasteiger partial charge in [0.1, 0.15) is 5.69 Å². The van der Waals surface area contributed by atoms with Gasteiger partial charge in [0.2, 0.25) is 5.88 Å². The van der Waals surface area contributed by atoms with Crippen LogP contribution in [0.3, 0.4) is 0 Å². The zero-order valence-corrected chi connectivity index (χ0v) is 7.53. The van der Waals surface area contributed by atoms with Crippen LogP contribution < -0.4 is 10.5 Å². The topological polar surface area (TPSA) is 61.0 Å². The summed E-state index contributed by atoms with van der Waals surface area (Å²) in [6.45, 7) is 3.72. The standard InChI is InChI=1S/C8H13N3O/c1-8(2,9)6-7(12-3)11-5-4-10-6/h4-5H,9H2,1-3H3. The summed E-state index contributed by atoms with van der Waals surface area (Å²) in [6.07, 6.45) is 3.18. The molecule has 66 valence electrons. The summed E-state index contributed by atoms with van der Waals surface area (Å²) in [4.78, 5) is 8.11. The molecule has 2 N–H and O–H groups in total. The van der Waals surface area contributed by atoms with Gasteiger partial charge in [-0.2, -0.15) is 0 Å². The Bertz CT molecular complexity index is 267. The summed E-state index contributed by atoms with van der Waals surface area (Å²) in [5.41, 5.74) is 6.01. The van der Waals surface area contributed by atoms with Crippen LogP contribution in [0, 0.1) is 0 Å². The van der Waals surface area contributed by atoms with Gasteiger partial charge >= 0.3 is 0 Å². The van der Waals surface area contributed by atoms with Crippen LogP contribution in [0.25, 0.3) is 0 Å². The molecular weight excluding hydrogens is 154 g/mol. The fraction of sp³-hybridized carbons (Fsp3) is 0.500. The van der Waals surface area contributed by atoms with Crippen molar-refractivity contribution in [3.05, 3.63) is 18.1 Å². The first-order valence-electron chi connectivity index (χ1n) is 3.70. The molecule has 1 aromatic heterocycles. The van der Waals surface area contributed by atoms with Crippen molar-refractivity contribution < 1.29 is 4.74 Å². The van der Waals surface area contributed by atoms with Crippen LogP contribution >= 0.6 is 0 Å². The smallest absolute Gasteiger partial charge is 0.237 e. The van der Waals surface area contributed by atoms with Crippen molar-refractivity contribution in [1.29, 1.82) is 0 Å². The molecule has 0 unspecified atom stereocenters. The Balaban J connectivity index is 3.14. The average molecular weight is 167 g/mol. The van der Waals surface area contributed by atoms with Crippen LogP contribution in [0.1, 0.15) is 19.5 Å². The lowest BCUT2D eigenvalue weighted by Gasteiger charge is -2.18. The van der Waals surface area contributed by atoms with Gasteiger partial charge in [0.05, 0.1) is 12.6 Å². The van der Waals surface area contributed by atoms with Crippen molar-refractivity contribution in [2.45, 2.75) is 19.4 Å². The normalized spacial score (nSPS) is 11.3. The molecule has 0 amide bonds. The van der Waals surface area contributed by atoms with Crippen molar-refractivity contribution >= 4 is 0 Å². The summed E-state index contributed by atoms with van der Waals surface area (Å²) in [7, 11) is 1.55. The third kappa shape index (κ3) is 1.71. The minimum Gasteiger partial charge on any atom is -0.480 e. The minimum atomic E-state index is -0.514. The highest BCUT2D eigenvalue weighted by Crippen LogP contribution is 2.21. The lowest BCUT2D eigenvalue weighted by molar-refractivity contribution is 0.371. The van der Waals surface area contributed by atoms with Crippen LogP contribution in [0.5, 0.6) is 5.88 Å². The average Bonchev–Trinajstić information content (AvgIpc) is 2.03. The fourth-order valence-corrected chi connectivity index (χ4v) is 0.917. The maximum absolute atomic E-state index is 5.85. The number of hydrogen-bond acceptors (Lipinski definition) is 4. The molecular formula is C8H13N3O. The lowest BCUT2D eigenvalue weighted by atomic mass is 10.0. The third-order valence-electron chi connectivity index (χ3n) is 1.47. The SMILES string of the molecule is COc1nccnc1C(C)(C)N. The van der Waals surface area contributed by atoms with E-state index in [1.54, 1.807) is 19.5 Å². The first-order valence-corrected chi connectivity index (χ1v) is 3.70. The molecule has 1 rings (SSSR count). The van der Waals surface area contributed by atoms with Gasteiger partial charge in [-0.25, -0.2) is 4.98 Å². The lowest BCUT2D eigenvalue weighted by Crippen LogP contribution is -2.30. The molecule has 0 aliphatic rings. The predicted molar refractivity (Wildman–Crippen MR) is 45.8 cm³/mol. The summed E-state index contributed by atoms with van der Waals surface area (Å²) >= 11 is 0. The van der Waals surface area contributed by atoms with Gasteiger partial charge in [-0.3, -0.25) is 4.98 Å². The second-order valence-corrected chi connectivity index (χ2v) is 3.14. The molecule has 0 atom stereocenters. The number of aromatic nitrogens is 2. The highest BCUT2D eigenvalue weighted by Gasteiger charge is 2.21. The van der Waals surface area contributed by atoms with Gasteiger partial charge in [-0.15, -0.1) is 0 Å². The van der Waals surface area contributed by atoms with E-state index in [1.165, 1.54) is 0 Å². The summed E-state index contributed by atoms with van der Waals surface area (Å²) in [6, 6.07) is 0. The zero-order valence-electron chi connectivity index (χ0n) is 7.53. The summed E-state index contributed by atoms with van der Waals surface area (Å²) in [5, 5.41) is 0. The maximum atomic E-state index is 5.85. The minimum absolute atomic E-state index is 0.491. The zero-order chi connectivity index (χ0) is 9.19. The third-order valence-corrected chi connectivity index (χ3v) is 1.47. The van der Waals surface area contributed by atoms with Gasteiger partial charge in [0.25, 0.3) is 0 Å². The molecule has 4 heteroatoms. The van der Waals surface area contributed by atoms with Crippen molar-refractivity contribution in [1.82, 2.24) is 9.97 Å². The van der Waals surface area contributed by atoms with E-state index in [1.807, 2.05) is 13.8 Å². The first-order chi connectivity index (χ1) is 5.55. The van der Waals surface area contributed by atoms with Gasteiger partial charge in [0.15, 0.2) is 0 Å². The van der Waals surface area contributed by atoms with E-state index >= 15 is 0 Å². The van der Waals surface area contributed by atoms with E-state index in [9.17, 15) is 0 Å². The Morgan fingerprint density at radius 1 is 1.33 bits per heavy atom. The van der Waals surface area contributed by atoms with Crippen LogP contribution in [0.4, 0.5) is 0 Å². The monoisotopic (exact) mass is 167 g/mol. The van der Waals surface area contributed by atoms with E-state index < -0.39 is 5.54 Å². The molecule has 0 saturated heterocycles. The fourth-order valence-electron chi connectivity index (χ4n) is 0.917. The number of nitrogens with zero attached hydrogens (tertiary/aromatic N) is 2. The molecule has 1 heterocycles. The summed E-state index contributed by atoms with van der Waals surface area (Å²) < 4.78 is 5.02. The highest BCUT2D eigenvalue weighted by atomic mass is 16.5. The number of methoxy groups -OCH3 is 1. The van der Waals surface area contributed by atoms with Crippen molar-refractivity contribution in [2.75, 3.05) is 7.11 Å². The van der Waals surface area contributed by atoms with E-state index in [2.05, 4.69) is 9.97 Å². The molecule has 0 aromatic carbocycles. The van der Waals surface area contributed by atoms with Crippen LogP contribution in [-0.2, 0) is 5.54 Å². The largest absolute Gasteiger partial charge is 0.480 e. The van der Waals surface area contributed by atoms with Crippen LogP contribution in [0.15, 0.2) is 12.4 Å². The Morgan fingerprint density at radius 3 is 2.33 bits per heavy atom. The Labute approximate surface area is 71.8 Å². The first kappa shape index (κ1) is 8.93. The molecule has 12 heavy (non-hydrogen) atoms. The number of hydrogen-bond donors (Lipinski definition) is 1. The highest BCUT2D eigenvalue weighted by molar-refractivity contribution is 5.23. The molecule has 1 aromatic rings. The second kappa shape index (κ2) is 3.06. The van der Waals surface area contributed by atoms with Gasteiger partial charge in [0, 0.05) is 12.4 Å². The van der Waals surface area contributed by atoms with Gasteiger partial charge < -0.3 is 10.5 Å². The van der Waals surface area contributed by atoms with Crippen LogP contribution in [0.2, 0.25) is 0 Å². The van der Waals surface area contributed by atoms with Crippen molar-refractivity contribution in [2.24, 2.45) is 5.73 Å². The quantitative estimate of drug-likeness (QED) is 0.703. The predicted octanol–water partition coefficient (Wildman–Crippen LogP) is 0.679. The van der Waals surface area contributed by atoms with Gasteiger partial charge in [-0.05, 0) is 13.8 Å². The number of ether oxygens (including phenoxy) is 1. The van der Waals surface area contributed by atoms with Crippen molar-refractivity contribution in [3.63, 3.8) is 0 Å². The van der Waals surface area contributed by atoms with E-state index in [0.717, 1.165) is 0 Å². The Kier molecular flexibility index (Phi) is 2.28. The summed E-state index contributed by atoms with van der Waals surface area (Å²) in [5.74, 6) is 0.491. The van der Waals surface area contributed by atoms with Gasteiger partial charge in [-0.1, -0.05) is 0 Å². The molecule has 0 aliphatic carbocycles. The number of nitrogens with two attached hydrogens (primary N) is 1. The van der Waals surface area contributed by atoms with E-state index in [4.69, 9.17) is 10.5 Å². The molecule has 0 aliphatic heterocycles. The molecule has 4 nitrogen and oxygen atoms in total. The second-order valence-electron chi connectivity index (χ2n) is 3.14. The van der Waals surface area contributed by atoms with Crippen molar-refractivity contribution in [3.8, 4) is 5.88 Å². The Hall–Kier alpha value is -1.16. The molecule has 0 spiro atoms. The Morgan fingerprint density at radius 2 is 1.92 bits per heavy atom. The molecule has 0 saturated carbocycles. The van der Waals surface area contributed by atoms with Crippen LogP contribution in [-0.4, -0.2) is 17.1 Å². The molecule has 0 bridgehead atoms. The van der Waals surface area contributed by atoms with E-state index in [-0.39, 0.29) is 0 Å². The molecule has 0 fully saturated rings. The number of rotatable bonds is 2. The van der Waals surface area contributed by atoms with E-state index in [0.29, 0.717) is 11.6 Å².